The van der Waals surface area contributed by atoms with Crippen LogP contribution in [0.5, 0.6) is 0 Å². The fourth-order valence-corrected chi connectivity index (χ4v) is 1.05. The van der Waals surface area contributed by atoms with E-state index >= 15 is 0 Å². The summed E-state index contributed by atoms with van der Waals surface area (Å²) in [6.07, 6.45) is 0. The van der Waals surface area contributed by atoms with Gasteiger partial charge in [0.1, 0.15) is 11.7 Å². The van der Waals surface area contributed by atoms with Crippen LogP contribution in [0.25, 0.3) is 0 Å². The van der Waals surface area contributed by atoms with E-state index < -0.39 is 24.3 Å². The maximum Gasteiger partial charge on any atom is 0.313 e. The lowest BCUT2D eigenvalue weighted by molar-refractivity contribution is -0.139. The van der Waals surface area contributed by atoms with Crippen molar-refractivity contribution < 1.29 is 19.4 Å². The number of rotatable bonds is 3. The fourth-order valence-electron chi connectivity index (χ4n) is 1.05. The summed E-state index contributed by atoms with van der Waals surface area (Å²) in [5.41, 5.74) is 0.273. The Morgan fingerprint density at radius 2 is 2.23 bits per heavy atom. The molecule has 4 heteroatoms. The Hall–Kier alpha value is -1.42. The molecule has 1 unspecified atom stereocenters. The normalized spacial score (nSPS) is 12.5. The molecule has 0 bridgehead atoms. The molecule has 0 saturated heterocycles. The highest BCUT2D eigenvalue weighted by atomic mass is 19.1. The van der Waals surface area contributed by atoms with Crippen molar-refractivity contribution in [2.45, 2.75) is 5.92 Å². The Morgan fingerprint density at radius 3 is 2.69 bits per heavy atom. The number of aliphatic hydroxyl groups is 1. The highest BCUT2D eigenvalue weighted by Crippen LogP contribution is 2.16. The molecule has 1 rings (SSSR count). The Balaban J connectivity index is 2.98. The Morgan fingerprint density at radius 1 is 1.54 bits per heavy atom. The number of carboxylic acid groups (broad SMARTS) is 1. The minimum atomic E-state index is -1.16. The van der Waals surface area contributed by atoms with Crippen LogP contribution in [0.2, 0.25) is 0 Å². The van der Waals surface area contributed by atoms with Gasteiger partial charge in [0, 0.05) is 0 Å². The average molecular weight is 184 g/mol. The second-order valence-corrected chi connectivity index (χ2v) is 2.63. The van der Waals surface area contributed by atoms with Crippen LogP contribution in [0.15, 0.2) is 24.3 Å². The van der Waals surface area contributed by atoms with E-state index in [1.807, 2.05) is 0 Å². The van der Waals surface area contributed by atoms with E-state index in [1.54, 1.807) is 0 Å². The predicted octanol–water partition coefficient (Wildman–Crippen LogP) is 0.986. The Bertz CT molecular complexity index is 311. The third kappa shape index (κ3) is 2.26. The number of aliphatic hydroxyl groups excluding tert-OH is 1. The summed E-state index contributed by atoms with van der Waals surface area (Å²) in [6, 6.07) is 5.21. The minimum absolute atomic E-state index is 0.273. The first-order valence-electron chi connectivity index (χ1n) is 3.74. The van der Waals surface area contributed by atoms with Crippen LogP contribution in [0.3, 0.4) is 0 Å². The van der Waals surface area contributed by atoms with Crippen molar-refractivity contribution in [2.75, 3.05) is 6.61 Å². The van der Waals surface area contributed by atoms with Gasteiger partial charge in [0.15, 0.2) is 0 Å². The van der Waals surface area contributed by atoms with Crippen LogP contribution in [0.4, 0.5) is 4.39 Å². The van der Waals surface area contributed by atoms with Gasteiger partial charge in [-0.25, -0.2) is 4.39 Å². The van der Waals surface area contributed by atoms with Gasteiger partial charge in [-0.3, -0.25) is 4.79 Å². The molecule has 1 aromatic carbocycles. The van der Waals surface area contributed by atoms with E-state index in [4.69, 9.17) is 10.2 Å². The summed E-state index contributed by atoms with van der Waals surface area (Å²) < 4.78 is 12.7. The fraction of sp³-hybridized carbons (Fsp3) is 0.222. The van der Waals surface area contributed by atoms with Crippen LogP contribution in [0.1, 0.15) is 11.5 Å². The molecule has 0 aliphatic rings. The van der Waals surface area contributed by atoms with Crippen LogP contribution in [0, 0.1) is 5.82 Å². The summed E-state index contributed by atoms with van der Waals surface area (Å²) in [4.78, 5) is 10.6. The monoisotopic (exact) mass is 184 g/mol. The maximum absolute atomic E-state index is 12.7. The van der Waals surface area contributed by atoms with E-state index in [0.29, 0.717) is 0 Å². The summed E-state index contributed by atoms with van der Waals surface area (Å²) in [5.74, 6) is -2.71. The molecule has 70 valence electrons. The summed E-state index contributed by atoms with van der Waals surface area (Å²) >= 11 is 0. The lowest BCUT2D eigenvalue weighted by Gasteiger charge is -2.08. The minimum Gasteiger partial charge on any atom is -0.481 e. The highest BCUT2D eigenvalue weighted by Gasteiger charge is 2.18. The zero-order chi connectivity index (χ0) is 9.84. The molecule has 0 aliphatic carbocycles. The van der Waals surface area contributed by atoms with Crippen molar-refractivity contribution in [2.24, 2.45) is 0 Å². The molecule has 1 atom stereocenters. The Kier molecular flexibility index (Phi) is 2.97. The second kappa shape index (κ2) is 4.00. The van der Waals surface area contributed by atoms with Crippen molar-refractivity contribution in [3.8, 4) is 0 Å². The van der Waals surface area contributed by atoms with Crippen molar-refractivity contribution in [3.05, 3.63) is 35.6 Å². The predicted molar refractivity (Wildman–Crippen MR) is 43.9 cm³/mol. The van der Waals surface area contributed by atoms with Crippen molar-refractivity contribution in [3.63, 3.8) is 0 Å². The maximum atomic E-state index is 12.7. The molecule has 0 aromatic heterocycles. The van der Waals surface area contributed by atoms with E-state index in [2.05, 4.69) is 0 Å². The smallest absolute Gasteiger partial charge is 0.313 e. The molecular formula is C9H9FO3. The van der Waals surface area contributed by atoms with Crippen LogP contribution >= 0.6 is 0 Å². The lowest BCUT2D eigenvalue weighted by atomic mass is 10.0. The molecule has 0 amide bonds. The van der Waals surface area contributed by atoms with Gasteiger partial charge in [0.25, 0.3) is 0 Å². The molecule has 13 heavy (non-hydrogen) atoms. The summed E-state index contributed by atoms with van der Waals surface area (Å²) in [5, 5.41) is 17.4. The van der Waals surface area contributed by atoms with Crippen molar-refractivity contribution >= 4 is 5.97 Å². The van der Waals surface area contributed by atoms with E-state index in [-0.39, 0.29) is 5.56 Å². The van der Waals surface area contributed by atoms with Gasteiger partial charge >= 0.3 is 5.97 Å². The van der Waals surface area contributed by atoms with Gasteiger partial charge < -0.3 is 10.2 Å². The molecule has 3 nitrogen and oxygen atoms in total. The molecule has 0 saturated carbocycles. The number of halogens is 1. The number of carbonyl (C=O) groups is 1. The average Bonchev–Trinajstić information content (AvgIpc) is 2.04. The summed E-state index contributed by atoms with van der Waals surface area (Å²) in [6.45, 7) is -0.529. The molecular weight excluding hydrogens is 175 g/mol. The largest absolute Gasteiger partial charge is 0.481 e. The Labute approximate surface area is 74.4 Å². The zero-order valence-electron chi connectivity index (χ0n) is 6.77. The summed E-state index contributed by atoms with van der Waals surface area (Å²) in [7, 11) is 0. The first-order chi connectivity index (χ1) is 6.15. The van der Waals surface area contributed by atoms with Gasteiger partial charge in [0.2, 0.25) is 0 Å². The number of carboxylic acids is 1. The molecule has 0 spiro atoms. The van der Waals surface area contributed by atoms with E-state index in [1.165, 1.54) is 18.2 Å². The third-order valence-corrected chi connectivity index (χ3v) is 1.73. The van der Waals surface area contributed by atoms with Gasteiger partial charge in [0.05, 0.1) is 6.61 Å². The van der Waals surface area contributed by atoms with Crippen LogP contribution < -0.4 is 0 Å². The lowest BCUT2D eigenvalue weighted by Crippen LogP contribution is -2.15. The molecule has 0 heterocycles. The number of benzene rings is 1. The third-order valence-electron chi connectivity index (χ3n) is 1.73. The van der Waals surface area contributed by atoms with E-state index in [9.17, 15) is 9.18 Å². The van der Waals surface area contributed by atoms with Gasteiger partial charge in [-0.2, -0.15) is 0 Å². The molecule has 2 N–H and O–H groups in total. The number of hydrogen-bond donors (Lipinski definition) is 2. The number of aliphatic carboxylic acids is 1. The zero-order valence-corrected chi connectivity index (χ0v) is 6.77. The first kappa shape index (κ1) is 9.67. The standard InChI is InChI=1S/C9H9FO3/c10-7-3-1-2-6(4-7)8(5-11)9(12)13/h1-4,8,11H,5H2,(H,12,13). The van der Waals surface area contributed by atoms with Gasteiger partial charge in [-0.1, -0.05) is 12.1 Å². The first-order valence-corrected chi connectivity index (χ1v) is 3.74. The van der Waals surface area contributed by atoms with Gasteiger partial charge in [-0.05, 0) is 17.7 Å². The van der Waals surface area contributed by atoms with Gasteiger partial charge in [-0.15, -0.1) is 0 Å². The van der Waals surface area contributed by atoms with Crippen molar-refractivity contribution in [1.29, 1.82) is 0 Å². The molecule has 0 aliphatic heterocycles. The molecule has 0 fully saturated rings. The second-order valence-electron chi connectivity index (χ2n) is 2.63. The number of hydrogen-bond acceptors (Lipinski definition) is 2. The quantitative estimate of drug-likeness (QED) is 0.736. The SMILES string of the molecule is O=C(O)C(CO)c1cccc(F)c1. The van der Waals surface area contributed by atoms with Crippen molar-refractivity contribution in [1.82, 2.24) is 0 Å². The van der Waals surface area contributed by atoms with E-state index in [0.717, 1.165) is 6.07 Å². The van der Waals surface area contributed by atoms with Crippen LogP contribution in [-0.2, 0) is 4.79 Å². The highest BCUT2D eigenvalue weighted by molar-refractivity contribution is 5.76. The topological polar surface area (TPSA) is 57.5 Å². The van der Waals surface area contributed by atoms with Crippen LogP contribution in [-0.4, -0.2) is 22.8 Å². The molecule has 1 aromatic rings. The molecule has 0 radical (unpaired) electrons.